The molecule has 1 fully saturated rings. The number of piperidine rings is 1. The first-order chi connectivity index (χ1) is 12.2. The lowest BCUT2D eigenvalue weighted by Gasteiger charge is -2.22. The quantitative estimate of drug-likeness (QED) is 0.907. The van der Waals surface area contributed by atoms with Gasteiger partial charge < -0.3 is 14.8 Å². The third kappa shape index (κ3) is 3.55. The number of fused-ring (bicyclic) bond motifs is 1. The first-order valence-electron chi connectivity index (χ1n) is 8.49. The van der Waals surface area contributed by atoms with Crippen molar-refractivity contribution in [2.75, 3.05) is 25.6 Å². The van der Waals surface area contributed by atoms with Crippen LogP contribution in [-0.2, 0) is 10.8 Å². The molecule has 0 saturated carbocycles. The molecule has 132 valence electrons. The summed E-state index contributed by atoms with van der Waals surface area (Å²) < 4.78 is 37.2. The third-order valence-corrected chi connectivity index (χ3v) is 5.87. The monoisotopic (exact) mass is 361 g/mol. The van der Waals surface area contributed by atoms with Gasteiger partial charge in [0.05, 0.1) is 22.3 Å². The molecule has 0 spiro atoms. The predicted molar refractivity (Wildman–Crippen MR) is 94.8 cm³/mol. The van der Waals surface area contributed by atoms with Crippen molar-refractivity contribution in [3.63, 3.8) is 0 Å². The molecule has 2 aliphatic rings. The highest BCUT2D eigenvalue weighted by atomic mass is 32.2. The van der Waals surface area contributed by atoms with Crippen molar-refractivity contribution in [1.82, 2.24) is 5.32 Å². The average molecular weight is 361 g/mol. The Kier molecular flexibility index (Phi) is 4.72. The zero-order chi connectivity index (χ0) is 17.2. The fourth-order valence-corrected chi connectivity index (χ4v) is 4.15. The van der Waals surface area contributed by atoms with E-state index in [1.165, 1.54) is 6.07 Å². The molecule has 6 heteroatoms. The number of ether oxygens (including phenoxy) is 2. The van der Waals surface area contributed by atoms with Crippen molar-refractivity contribution < 1.29 is 18.1 Å². The Bertz CT molecular complexity index is 805. The molecule has 0 bridgehead atoms. The van der Waals surface area contributed by atoms with E-state index in [0.29, 0.717) is 28.9 Å². The largest absolute Gasteiger partial charge is 0.490 e. The highest BCUT2D eigenvalue weighted by molar-refractivity contribution is 7.85. The molecule has 2 aromatic rings. The van der Waals surface area contributed by atoms with Gasteiger partial charge in [-0.05, 0) is 67.2 Å². The van der Waals surface area contributed by atoms with Crippen molar-refractivity contribution in [3.8, 4) is 22.6 Å². The molecule has 0 aromatic heterocycles. The molecular weight excluding hydrogens is 341 g/mol. The van der Waals surface area contributed by atoms with Crippen LogP contribution in [-0.4, -0.2) is 29.8 Å². The molecule has 0 radical (unpaired) electrons. The minimum atomic E-state index is -1.10. The summed E-state index contributed by atoms with van der Waals surface area (Å²) in [6, 6.07) is 10.4. The van der Waals surface area contributed by atoms with Crippen LogP contribution in [0.5, 0.6) is 11.5 Å². The van der Waals surface area contributed by atoms with Crippen LogP contribution in [0.15, 0.2) is 41.3 Å². The van der Waals surface area contributed by atoms with Crippen LogP contribution < -0.4 is 14.8 Å². The van der Waals surface area contributed by atoms with Crippen LogP contribution in [0.2, 0.25) is 0 Å². The SMILES string of the molecule is O=[S@]1COc2cc(-c3ccc(OCC4CCNCC4)c(F)c3)ccc21. The fraction of sp³-hybridized carbons (Fsp3) is 0.368. The summed E-state index contributed by atoms with van der Waals surface area (Å²) in [7, 11) is -1.10. The molecule has 25 heavy (non-hydrogen) atoms. The first-order valence-corrected chi connectivity index (χ1v) is 9.81. The van der Waals surface area contributed by atoms with E-state index in [4.69, 9.17) is 9.47 Å². The standard InChI is InChI=1S/C19H20FNO3S/c20-16-9-14(15-2-4-19-18(10-15)24-12-25(19)22)1-3-17(16)23-11-13-5-7-21-8-6-13/h1-4,9-10,13,21H,5-8,11-12H2/t25-/m0/s1. The molecule has 1 N–H and O–H groups in total. The smallest absolute Gasteiger partial charge is 0.167 e. The molecule has 0 aliphatic carbocycles. The highest BCUT2D eigenvalue weighted by Gasteiger charge is 2.20. The Balaban J connectivity index is 1.49. The van der Waals surface area contributed by atoms with Crippen LogP contribution in [0.1, 0.15) is 12.8 Å². The van der Waals surface area contributed by atoms with E-state index in [9.17, 15) is 8.60 Å². The van der Waals surface area contributed by atoms with Crippen molar-refractivity contribution in [3.05, 3.63) is 42.2 Å². The van der Waals surface area contributed by atoms with E-state index in [0.717, 1.165) is 37.1 Å². The van der Waals surface area contributed by atoms with Crippen molar-refractivity contribution in [1.29, 1.82) is 0 Å². The van der Waals surface area contributed by atoms with E-state index in [1.807, 2.05) is 18.2 Å². The second-order valence-electron chi connectivity index (χ2n) is 6.42. The van der Waals surface area contributed by atoms with Crippen molar-refractivity contribution in [2.24, 2.45) is 5.92 Å². The van der Waals surface area contributed by atoms with Crippen LogP contribution in [0.25, 0.3) is 11.1 Å². The summed E-state index contributed by atoms with van der Waals surface area (Å²) in [6.45, 7) is 2.55. The third-order valence-electron chi connectivity index (χ3n) is 4.71. The van der Waals surface area contributed by atoms with Gasteiger partial charge in [-0.15, -0.1) is 0 Å². The van der Waals surface area contributed by atoms with Crippen molar-refractivity contribution >= 4 is 10.8 Å². The number of nitrogens with one attached hydrogen (secondary N) is 1. The molecule has 0 unspecified atom stereocenters. The summed E-state index contributed by atoms with van der Waals surface area (Å²) in [5.74, 6) is 1.21. The van der Waals surface area contributed by atoms with Crippen molar-refractivity contribution in [2.45, 2.75) is 17.7 Å². The summed E-state index contributed by atoms with van der Waals surface area (Å²) in [4.78, 5) is 0.700. The van der Waals surface area contributed by atoms with Gasteiger partial charge in [0.25, 0.3) is 0 Å². The van der Waals surface area contributed by atoms with Gasteiger partial charge in [0.1, 0.15) is 5.75 Å². The molecule has 1 saturated heterocycles. The Morgan fingerprint density at radius 1 is 1.16 bits per heavy atom. The Hall–Kier alpha value is -1.92. The summed E-state index contributed by atoms with van der Waals surface area (Å²) in [5, 5.41) is 3.31. The maximum Gasteiger partial charge on any atom is 0.167 e. The Labute approximate surface area is 148 Å². The lowest BCUT2D eigenvalue weighted by Crippen LogP contribution is -2.30. The molecule has 0 amide bonds. The Morgan fingerprint density at radius 2 is 1.92 bits per heavy atom. The Morgan fingerprint density at radius 3 is 2.72 bits per heavy atom. The maximum atomic E-state index is 14.4. The van der Waals surface area contributed by atoms with E-state index in [1.54, 1.807) is 12.1 Å². The number of halogens is 1. The predicted octanol–water partition coefficient (Wildman–Crippen LogP) is 3.33. The number of benzene rings is 2. The fourth-order valence-electron chi connectivity index (χ4n) is 3.22. The molecule has 4 nitrogen and oxygen atoms in total. The maximum absolute atomic E-state index is 14.4. The number of hydrogen-bond donors (Lipinski definition) is 1. The second kappa shape index (κ2) is 7.14. The van der Waals surface area contributed by atoms with Crippen LogP contribution in [0, 0.1) is 11.7 Å². The highest BCUT2D eigenvalue weighted by Crippen LogP contribution is 2.34. The summed E-state index contributed by atoms with van der Waals surface area (Å²) in [5.41, 5.74) is 1.58. The lowest BCUT2D eigenvalue weighted by atomic mass is 9.99. The minimum absolute atomic E-state index is 0.191. The summed E-state index contributed by atoms with van der Waals surface area (Å²) >= 11 is 0. The molecule has 2 aliphatic heterocycles. The molecule has 1 atom stereocenters. The molecule has 2 aromatic carbocycles. The van der Waals surface area contributed by atoms with Crippen LogP contribution >= 0.6 is 0 Å². The van der Waals surface area contributed by atoms with Gasteiger partial charge in [0, 0.05) is 0 Å². The van der Waals surface area contributed by atoms with E-state index >= 15 is 0 Å². The van der Waals surface area contributed by atoms with Crippen LogP contribution in [0.3, 0.4) is 0 Å². The molecule has 4 rings (SSSR count). The van der Waals surface area contributed by atoms with Gasteiger partial charge in [-0.3, -0.25) is 4.21 Å². The van der Waals surface area contributed by atoms with Crippen LogP contribution in [0.4, 0.5) is 4.39 Å². The van der Waals surface area contributed by atoms with Gasteiger partial charge in [0.2, 0.25) is 0 Å². The molecular formula is C19H20FNO3S. The average Bonchev–Trinajstić information content (AvgIpc) is 3.02. The van der Waals surface area contributed by atoms with E-state index in [-0.39, 0.29) is 11.8 Å². The normalized spacial score (nSPS) is 20.1. The van der Waals surface area contributed by atoms with E-state index in [2.05, 4.69) is 5.32 Å². The topological polar surface area (TPSA) is 47.6 Å². The summed E-state index contributed by atoms with van der Waals surface area (Å²) in [6.07, 6.45) is 2.13. The van der Waals surface area contributed by atoms with E-state index < -0.39 is 10.8 Å². The first kappa shape index (κ1) is 16.5. The minimum Gasteiger partial charge on any atom is -0.490 e. The molecule has 2 heterocycles. The van der Waals surface area contributed by atoms with Gasteiger partial charge in [-0.1, -0.05) is 12.1 Å². The van der Waals surface area contributed by atoms with Gasteiger partial charge in [0.15, 0.2) is 17.5 Å². The number of rotatable bonds is 4. The second-order valence-corrected chi connectivity index (χ2v) is 7.79. The van der Waals surface area contributed by atoms with Gasteiger partial charge >= 0.3 is 0 Å². The lowest BCUT2D eigenvalue weighted by molar-refractivity contribution is 0.208. The number of hydrogen-bond acceptors (Lipinski definition) is 4. The van der Waals surface area contributed by atoms with Gasteiger partial charge in [-0.2, -0.15) is 0 Å². The zero-order valence-corrected chi connectivity index (χ0v) is 14.6. The van der Waals surface area contributed by atoms with Gasteiger partial charge in [-0.25, -0.2) is 4.39 Å². The zero-order valence-electron chi connectivity index (χ0n) is 13.8.